The Balaban J connectivity index is 1.84. The van der Waals surface area contributed by atoms with E-state index in [-0.39, 0.29) is 0 Å². The summed E-state index contributed by atoms with van der Waals surface area (Å²) >= 11 is 0. The Morgan fingerprint density at radius 1 is 0.643 bits per heavy atom. The number of nitrogens with zero attached hydrogens (tertiary/aromatic N) is 4. The number of hydrogen-bond acceptors (Lipinski definition) is 4. The molecule has 1 radical (unpaired) electrons. The maximum Gasteiger partial charge on any atom is 0.0793 e. The van der Waals surface area contributed by atoms with E-state index in [1.54, 1.807) is 6.20 Å². The molecular formula is C24H13N4. The van der Waals surface area contributed by atoms with Gasteiger partial charge >= 0.3 is 0 Å². The number of pyridine rings is 4. The van der Waals surface area contributed by atoms with Crippen LogP contribution in [0.25, 0.3) is 54.3 Å². The van der Waals surface area contributed by atoms with Crippen molar-refractivity contribution in [2.75, 3.05) is 0 Å². The molecule has 0 atom stereocenters. The predicted octanol–water partition coefficient (Wildman–Crippen LogP) is 5.35. The van der Waals surface area contributed by atoms with Gasteiger partial charge < -0.3 is 0 Å². The van der Waals surface area contributed by atoms with Crippen LogP contribution in [0.4, 0.5) is 0 Å². The highest BCUT2D eigenvalue weighted by Crippen LogP contribution is 2.38. The van der Waals surface area contributed by atoms with Crippen LogP contribution in [0.15, 0.2) is 79.8 Å². The highest BCUT2D eigenvalue weighted by atomic mass is 14.7. The molecule has 6 rings (SSSR count). The lowest BCUT2D eigenvalue weighted by molar-refractivity contribution is 1.34. The zero-order valence-corrected chi connectivity index (χ0v) is 14.8. The Kier molecular flexibility index (Phi) is 3.14. The van der Waals surface area contributed by atoms with E-state index in [0.29, 0.717) is 0 Å². The molecular weight excluding hydrogens is 344 g/mol. The zero-order chi connectivity index (χ0) is 18.5. The average Bonchev–Trinajstić information content (AvgIpc) is 2.78. The van der Waals surface area contributed by atoms with Gasteiger partial charge in [-0.2, -0.15) is 0 Å². The number of aromatic nitrogens is 4. The van der Waals surface area contributed by atoms with Crippen LogP contribution in [0, 0.1) is 6.07 Å². The average molecular weight is 357 g/mol. The molecule has 0 amide bonds. The van der Waals surface area contributed by atoms with Crippen LogP contribution in [0.3, 0.4) is 0 Å². The molecule has 4 aromatic heterocycles. The van der Waals surface area contributed by atoms with Crippen LogP contribution in [0.1, 0.15) is 0 Å². The summed E-state index contributed by atoms with van der Waals surface area (Å²) in [6, 6.07) is 15.8. The minimum Gasteiger partial charge on any atom is -0.264 e. The maximum atomic E-state index is 4.77. The van der Waals surface area contributed by atoms with Gasteiger partial charge in [-0.15, -0.1) is 0 Å². The Labute approximate surface area is 160 Å². The van der Waals surface area contributed by atoms with E-state index in [1.165, 1.54) is 0 Å². The SMILES string of the molecule is [c]1cnc(-c2cc3cnccc3c3cnccc23)c2c1ccc1cnccc12. The van der Waals surface area contributed by atoms with E-state index in [1.807, 2.05) is 49.3 Å². The molecule has 2 aromatic carbocycles. The van der Waals surface area contributed by atoms with Crippen molar-refractivity contribution in [3.8, 4) is 11.3 Å². The first-order valence-electron chi connectivity index (χ1n) is 9.04. The lowest BCUT2D eigenvalue weighted by atomic mass is 9.94. The number of benzene rings is 2. The van der Waals surface area contributed by atoms with Gasteiger partial charge in [0.15, 0.2) is 0 Å². The predicted molar refractivity (Wildman–Crippen MR) is 112 cm³/mol. The van der Waals surface area contributed by atoms with Gasteiger partial charge in [0, 0.05) is 76.6 Å². The first-order chi connectivity index (χ1) is 13.9. The van der Waals surface area contributed by atoms with Crippen LogP contribution in [0.5, 0.6) is 0 Å². The third kappa shape index (κ3) is 2.12. The topological polar surface area (TPSA) is 51.6 Å². The first-order valence-corrected chi connectivity index (χ1v) is 9.04. The summed E-state index contributed by atoms with van der Waals surface area (Å²) in [5.41, 5.74) is 2.01. The molecule has 0 aliphatic rings. The van der Waals surface area contributed by atoms with Crippen molar-refractivity contribution in [1.82, 2.24) is 19.9 Å². The molecule has 0 aliphatic carbocycles. The normalized spacial score (nSPS) is 11.6. The molecule has 0 unspecified atom stereocenters. The fourth-order valence-corrected chi connectivity index (χ4v) is 4.02. The Bertz CT molecular complexity index is 1520. The van der Waals surface area contributed by atoms with E-state index in [2.05, 4.69) is 45.3 Å². The summed E-state index contributed by atoms with van der Waals surface area (Å²) < 4.78 is 0. The van der Waals surface area contributed by atoms with Gasteiger partial charge in [-0.1, -0.05) is 12.1 Å². The van der Waals surface area contributed by atoms with Gasteiger partial charge in [0.1, 0.15) is 0 Å². The number of hydrogen-bond donors (Lipinski definition) is 0. The number of fused-ring (bicyclic) bond motifs is 6. The molecule has 0 bridgehead atoms. The lowest BCUT2D eigenvalue weighted by Crippen LogP contribution is -1.91. The highest BCUT2D eigenvalue weighted by molar-refractivity contribution is 6.19. The molecule has 4 heteroatoms. The van der Waals surface area contributed by atoms with Gasteiger partial charge in [0.2, 0.25) is 0 Å². The van der Waals surface area contributed by atoms with E-state index < -0.39 is 0 Å². The van der Waals surface area contributed by atoms with Crippen LogP contribution in [-0.2, 0) is 0 Å². The van der Waals surface area contributed by atoms with E-state index in [4.69, 9.17) is 4.98 Å². The van der Waals surface area contributed by atoms with E-state index in [0.717, 1.165) is 54.3 Å². The Morgan fingerprint density at radius 2 is 1.39 bits per heavy atom. The Hall–Kier alpha value is -3.92. The minimum absolute atomic E-state index is 0.938. The summed E-state index contributed by atoms with van der Waals surface area (Å²) in [6.07, 6.45) is 12.9. The number of rotatable bonds is 1. The molecule has 6 aromatic rings. The molecule has 28 heavy (non-hydrogen) atoms. The zero-order valence-electron chi connectivity index (χ0n) is 14.8. The van der Waals surface area contributed by atoms with Crippen LogP contribution in [-0.4, -0.2) is 19.9 Å². The van der Waals surface area contributed by atoms with Crippen molar-refractivity contribution in [2.24, 2.45) is 0 Å². The fraction of sp³-hybridized carbons (Fsp3) is 0. The lowest BCUT2D eigenvalue weighted by Gasteiger charge is -2.13. The molecule has 0 saturated carbocycles. The summed E-state index contributed by atoms with van der Waals surface area (Å²) in [6.45, 7) is 0. The van der Waals surface area contributed by atoms with Crippen molar-refractivity contribution in [1.29, 1.82) is 0 Å². The molecule has 129 valence electrons. The van der Waals surface area contributed by atoms with Crippen molar-refractivity contribution in [2.45, 2.75) is 0 Å². The minimum atomic E-state index is 0.938. The second-order valence-electron chi connectivity index (χ2n) is 6.78. The van der Waals surface area contributed by atoms with Gasteiger partial charge in [-0.25, -0.2) is 0 Å². The van der Waals surface area contributed by atoms with Gasteiger partial charge in [-0.3, -0.25) is 19.9 Å². The molecule has 4 nitrogen and oxygen atoms in total. The molecule has 0 N–H and O–H groups in total. The first kappa shape index (κ1) is 15.2. The quantitative estimate of drug-likeness (QED) is 0.372. The molecule has 4 heterocycles. The van der Waals surface area contributed by atoms with Gasteiger partial charge in [0.25, 0.3) is 0 Å². The second kappa shape index (κ2) is 5.79. The highest BCUT2D eigenvalue weighted by Gasteiger charge is 2.14. The van der Waals surface area contributed by atoms with Gasteiger partial charge in [0.05, 0.1) is 5.69 Å². The molecule has 0 fully saturated rings. The standard InChI is InChI=1S/C24H13N4/c1-2-16-12-25-8-5-19(16)23-15(1)3-10-28-24(23)21-11-17-13-26-7-4-18(17)22-14-27-9-6-20(21)22/h1-2,4-14H. The smallest absolute Gasteiger partial charge is 0.0793 e. The van der Waals surface area contributed by atoms with Crippen LogP contribution < -0.4 is 0 Å². The van der Waals surface area contributed by atoms with Crippen molar-refractivity contribution >= 4 is 43.1 Å². The fourth-order valence-electron chi connectivity index (χ4n) is 4.02. The maximum absolute atomic E-state index is 4.77. The Morgan fingerprint density at radius 3 is 2.29 bits per heavy atom. The van der Waals surface area contributed by atoms with E-state index in [9.17, 15) is 0 Å². The van der Waals surface area contributed by atoms with E-state index >= 15 is 0 Å². The van der Waals surface area contributed by atoms with Crippen LogP contribution >= 0.6 is 0 Å². The summed E-state index contributed by atoms with van der Waals surface area (Å²) in [4.78, 5) is 17.7. The van der Waals surface area contributed by atoms with Crippen molar-refractivity contribution in [3.63, 3.8) is 0 Å². The largest absolute Gasteiger partial charge is 0.264 e. The van der Waals surface area contributed by atoms with Crippen molar-refractivity contribution < 1.29 is 0 Å². The molecule has 0 spiro atoms. The summed E-state index contributed by atoms with van der Waals surface area (Å²) in [5.74, 6) is 0. The third-order valence-electron chi connectivity index (χ3n) is 5.28. The second-order valence-corrected chi connectivity index (χ2v) is 6.78. The summed E-state index contributed by atoms with van der Waals surface area (Å²) in [7, 11) is 0. The molecule has 0 saturated heterocycles. The van der Waals surface area contributed by atoms with Gasteiger partial charge in [-0.05, 0) is 45.8 Å². The summed E-state index contributed by atoms with van der Waals surface area (Å²) in [5, 5.41) is 8.78. The van der Waals surface area contributed by atoms with Crippen molar-refractivity contribution in [3.05, 3.63) is 85.8 Å². The van der Waals surface area contributed by atoms with Crippen LogP contribution in [0.2, 0.25) is 0 Å². The molecule has 0 aliphatic heterocycles. The third-order valence-corrected chi connectivity index (χ3v) is 5.28. The monoisotopic (exact) mass is 357 g/mol.